The van der Waals surface area contributed by atoms with E-state index in [4.69, 9.17) is 10.5 Å². The summed E-state index contributed by atoms with van der Waals surface area (Å²) < 4.78 is 31.7. The monoisotopic (exact) mass is 294 g/mol. The molecule has 2 aromatic rings. The highest BCUT2D eigenvalue weighted by atomic mass is 19.2. The second kappa shape index (κ2) is 5.66. The molecule has 0 bridgehead atoms. The molecule has 7 heteroatoms. The molecule has 0 heterocycles. The molecular formula is C14H12F2N2O3. The summed E-state index contributed by atoms with van der Waals surface area (Å²) in [7, 11) is 1.32. The summed E-state index contributed by atoms with van der Waals surface area (Å²) >= 11 is 0. The number of ether oxygens (including phenoxy) is 1. The second-order valence-electron chi connectivity index (χ2n) is 4.14. The number of rotatable bonds is 3. The Morgan fingerprint density at radius 2 is 2.00 bits per heavy atom. The molecule has 0 aliphatic carbocycles. The molecule has 0 atom stereocenters. The van der Waals surface area contributed by atoms with Gasteiger partial charge >= 0.3 is 0 Å². The second-order valence-corrected chi connectivity index (χ2v) is 4.14. The van der Waals surface area contributed by atoms with Crippen molar-refractivity contribution in [2.75, 3.05) is 18.2 Å². The van der Waals surface area contributed by atoms with Gasteiger partial charge in [-0.15, -0.1) is 0 Å². The van der Waals surface area contributed by atoms with Gasteiger partial charge in [-0.05, 0) is 24.3 Å². The van der Waals surface area contributed by atoms with E-state index in [0.717, 1.165) is 12.1 Å². The van der Waals surface area contributed by atoms with E-state index in [0.29, 0.717) is 0 Å². The van der Waals surface area contributed by atoms with Gasteiger partial charge in [-0.2, -0.15) is 0 Å². The van der Waals surface area contributed by atoms with Gasteiger partial charge in [-0.1, -0.05) is 6.07 Å². The first-order valence-electron chi connectivity index (χ1n) is 5.86. The zero-order chi connectivity index (χ0) is 15.6. The van der Waals surface area contributed by atoms with Crippen LogP contribution in [-0.2, 0) is 0 Å². The Balaban J connectivity index is 2.38. The summed E-state index contributed by atoms with van der Waals surface area (Å²) in [5.41, 5.74) is 4.73. The molecule has 0 fully saturated rings. The number of halogens is 2. The number of methoxy groups -OCH3 is 1. The molecule has 1 amide bonds. The van der Waals surface area contributed by atoms with Crippen LogP contribution >= 0.6 is 0 Å². The third-order valence-corrected chi connectivity index (χ3v) is 2.83. The van der Waals surface area contributed by atoms with Crippen molar-refractivity contribution in [3.8, 4) is 11.5 Å². The molecular weight excluding hydrogens is 282 g/mol. The molecule has 0 aliphatic heterocycles. The number of carbonyl (C=O) groups excluding carboxylic acids is 1. The minimum atomic E-state index is -1.27. The van der Waals surface area contributed by atoms with Crippen LogP contribution in [0.15, 0.2) is 30.3 Å². The molecule has 5 nitrogen and oxygen atoms in total. The Bertz CT molecular complexity index is 705. The van der Waals surface area contributed by atoms with Gasteiger partial charge in [-0.25, -0.2) is 8.78 Å². The first-order chi connectivity index (χ1) is 9.95. The van der Waals surface area contributed by atoms with Gasteiger partial charge in [0.2, 0.25) is 0 Å². The van der Waals surface area contributed by atoms with E-state index in [1.807, 2.05) is 0 Å². The molecule has 0 aliphatic rings. The predicted molar refractivity (Wildman–Crippen MR) is 73.4 cm³/mol. The van der Waals surface area contributed by atoms with E-state index < -0.39 is 29.0 Å². The molecule has 2 rings (SSSR count). The molecule has 0 radical (unpaired) electrons. The highest BCUT2D eigenvalue weighted by Gasteiger charge is 2.19. The fourth-order valence-electron chi connectivity index (χ4n) is 1.74. The summed E-state index contributed by atoms with van der Waals surface area (Å²) in [5, 5.41) is 12.0. The maximum Gasteiger partial charge on any atom is 0.259 e. The summed E-state index contributed by atoms with van der Waals surface area (Å²) in [4.78, 5) is 12.0. The molecule has 110 valence electrons. The zero-order valence-corrected chi connectivity index (χ0v) is 11.0. The minimum absolute atomic E-state index is 0.0790. The van der Waals surface area contributed by atoms with E-state index in [-0.39, 0.29) is 17.0 Å². The lowest BCUT2D eigenvalue weighted by Crippen LogP contribution is -2.15. The first kappa shape index (κ1) is 14.6. The summed E-state index contributed by atoms with van der Waals surface area (Å²) in [6.07, 6.45) is 0. The topological polar surface area (TPSA) is 84.6 Å². The van der Waals surface area contributed by atoms with Crippen molar-refractivity contribution in [2.24, 2.45) is 0 Å². The molecule has 0 saturated heterocycles. The van der Waals surface area contributed by atoms with Gasteiger partial charge in [0.1, 0.15) is 5.69 Å². The highest BCUT2D eigenvalue weighted by molar-refractivity contribution is 6.08. The Morgan fingerprint density at radius 1 is 1.29 bits per heavy atom. The maximum atomic E-state index is 13.6. The van der Waals surface area contributed by atoms with Crippen molar-refractivity contribution in [2.45, 2.75) is 0 Å². The number of anilines is 2. The quantitative estimate of drug-likeness (QED) is 0.759. The van der Waals surface area contributed by atoms with Crippen molar-refractivity contribution in [1.82, 2.24) is 0 Å². The van der Waals surface area contributed by atoms with Gasteiger partial charge in [0.25, 0.3) is 5.91 Å². The Labute approximate surface area is 119 Å². The Hall–Kier alpha value is -2.83. The van der Waals surface area contributed by atoms with Crippen molar-refractivity contribution in [3.05, 3.63) is 47.5 Å². The fourth-order valence-corrected chi connectivity index (χ4v) is 1.74. The van der Waals surface area contributed by atoms with Crippen LogP contribution < -0.4 is 15.8 Å². The number of para-hydroxylation sites is 1. The molecule has 0 aromatic heterocycles. The molecule has 21 heavy (non-hydrogen) atoms. The smallest absolute Gasteiger partial charge is 0.259 e. The largest absolute Gasteiger partial charge is 0.504 e. The lowest BCUT2D eigenvalue weighted by atomic mass is 10.1. The fraction of sp³-hybridized carbons (Fsp3) is 0.0714. The molecule has 0 saturated carbocycles. The average Bonchev–Trinajstić information content (AvgIpc) is 2.47. The third kappa shape index (κ3) is 2.71. The van der Waals surface area contributed by atoms with Crippen molar-refractivity contribution in [1.29, 1.82) is 0 Å². The van der Waals surface area contributed by atoms with Crippen molar-refractivity contribution >= 4 is 17.3 Å². The molecule has 0 unspecified atom stereocenters. The van der Waals surface area contributed by atoms with Crippen molar-refractivity contribution < 1.29 is 23.4 Å². The molecule has 0 spiro atoms. The number of phenolic OH excluding ortho intramolecular Hbond substituents is 1. The van der Waals surface area contributed by atoms with Crippen LogP contribution in [0.1, 0.15) is 10.4 Å². The Morgan fingerprint density at radius 3 is 2.67 bits per heavy atom. The predicted octanol–water partition coefficient (Wildman–Crippen LogP) is 2.51. The molecule has 4 N–H and O–H groups in total. The number of hydrogen-bond donors (Lipinski definition) is 3. The van der Waals surface area contributed by atoms with Gasteiger partial charge < -0.3 is 20.9 Å². The number of phenols is 1. The highest BCUT2D eigenvalue weighted by Crippen LogP contribution is 2.31. The van der Waals surface area contributed by atoms with Crippen LogP contribution in [-0.4, -0.2) is 18.1 Å². The first-order valence-corrected chi connectivity index (χ1v) is 5.86. The van der Waals surface area contributed by atoms with E-state index >= 15 is 0 Å². The van der Waals surface area contributed by atoms with Gasteiger partial charge in [0.05, 0.1) is 18.4 Å². The van der Waals surface area contributed by atoms with E-state index in [1.165, 1.54) is 25.3 Å². The summed E-state index contributed by atoms with van der Waals surface area (Å²) in [6.45, 7) is 0. The van der Waals surface area contributed by atoms with Crippen LogP contribution in [0, 0.1) is 11.6 Å². The standard InChI is InChI=1S/C14H12F2N2O3/c1-21-10-4-2-3-7(13(10)19)14(20)18-12-9(17)6-5-8(15)11(12)16/h2-6,19H,17H2,1H3,(H,18,20). The van der Waals surface area contributed by atoms with Gasteiger partial charge in [0.15, 0.2) is 23.1 Å². The SMILES string of the molecule is COc1cccc(C(=O)Nc2c(N)ccc(F)c2F)c1O. The number of hydrogen-bond acceptors (Lipinski definition) is 4. The van der Waals surface area contributed by atoms with Crippen LogP contribution in [0.2, 0.25) is 0 Å². The molecule has 2 aromatic carbocycles. The van der Waals surface area contributed by atoms with Crippen LogP contribution in [0.4, 0.5) is 20.2 Å². The minimum Gasteiger partial charge on any atom is -0.504 e. The lowest BCUT2D eigenvalue weighted by molar-refractivity contribution is 0.102. The number of benzene rings is 2. The van der Waals surface area contributed by atoms with E-state index in [2.05, 4.69) is 5.32 Å². The van der Waals surface area contributed by atoms with Crippen LogP contribution in [0.5, 0.6) is 11.5 Å². The van der Waals surface area contributed by atoms with Crippen LogP contribution in [0.25, 0.3) is 0 Å². The van der Waals surface area contributed by atoms with Gasteiger partial charge in [-0.3, -0.25) is 4.79 Å². The number of carbonyl (C=O) groups is 1. The number of nitrogens with two attached hydrogens (primary N) is 1. The van der Waals surface area contributed by atoms with E-state index in [9.17, 15) is 18.7 Å². The number of aromatic hydroxyl groups is 1. The van der Waals surface area contributed by atoms with Crippen molar-refractivity contribution in [3.63, 3.8) is 0 Å². The van der Waals surface area contributed by atoms with Crippen LogP contribution in [0.3, 0.4) is 0 Å². The van der Waals surface area contributed by atoms with Gasteiger partial charge in [0, 0.05) is 0 Å². The number of nitrogen functional groups attached to an aromatic ring is 1. The Kier molecular flexibility index (Phi) is 3.93. The van der Waals surface area contributed by atoms with E-state index in [1.54, 1.807) is 0 Å². The third-order valence-electron chi connectivity index (χ3n) is 2.83. The average molecular weight is 294 g/mol. The lowest BCUT2D eigenvalue weighted by Gasteiger charge is -2.12. The number of amides is 1. The number of nitrogens with one attached hydrogen (secondary N) is 1. The summed E-state index contributed by atoms with van der Waals surface area (Å²) in [5.74, 6) is -3.59. The normalized spacial score (nSPS) is 10.2. The maximum absolute atomic E-state index is 13.6. The summed E-state index contributed by atoms with van der Waals surface area (Å²) in [6, 6.07) is 6.20. The zero-order valence-electron chi connectivity index (χ0n) is 11.0.